The lowest BCUT2D eigenvalue weighted by Gasteiger charge is -2.26. The van der Waals surface area contributed by atoms with E-state index < -0.39 is 40.6 Å². The predicted octanol–water partition coefficient (Wildman–Crippen LogP) is 2.71. The normalized spacial score (nSPS) is 12.7. The molecule has 4 aromatic rings. The highest BCUT2D eigenvalue weighted by molar-refractivity contribution is 6.04. The van der Waals surface area contributed by atoms with Crippen LogP contribution >= 0.6 is 0 Å². The number of rotatable bonds is 6. The van der Waals surface area contributed by atoms with Crippen LogP contribution in [0.4, 0.5) is 10.1 Å². The number of amides is 1. The summed E-state index contributed by atoms with van der Waals surface area (Å²) >= 11 is 0. The van der Waals surface area contributed by atoms with Crippen LogP contribution in [0.5, 0.6) is 5.75 Å². The number of carbonyl (C=O) groups is 1. The van der Waals surface area contributed by atoms with Crippen LogP contribution < -0.4 is 10.9 Å². The molecule has 2 N–H and O–H groups in total. The van der Waals surface area contributed by atoms with E-state index >= 15 is 0 Å². The van der Waals surface area contributed by atoms with Crippen LogP contribution in [0.3, 0.4) is 0 Å². The van der Waals surface area contributed by atoms with Crippen LogP contribution in [0.1, 0.15) is 57.5 Å². The number of nitrogens with one attached hydrogen (secondary N) is 1. The van der Waals surface area contributed by atoms with Crippen molar-refractivity contribution in [2.24, 2.45) is 14.1 Å². The molecule has 0 aliphatic heterocycles. The molecule has 1 amide bonds. The van der Waals surface area contributed by atoms with Gasteiger partial charge in [-0.3, -0.25) is 18.8 Å². The van der Waals surface area contributed by atoms with Gasteiger partial charge in [0.05, 0.1) is 23.5 Å². The van der Waals surface area contributed by atoms with Gasteiger partial charge in [0.25, 0.3) is 11.5 Å². The molecule has 4 rings (SSSR count). The first-order valence-corrected chi connectivity index (χ1v) is 10.8. The van der Waals surface area contributed by atoms with Gasteiger partial charge in [-0.1, -0.05) is 12.1 Å². The summed E-state index contributed by atoms with van der Waals surface area (Å²) < 4.78 is 21.8. The molecule has 2 unspecified atom stereocenters. The molecule has 0 saturated heterocycles. The number of benzene rings is 1. The number of hydrogen-bond acceptors (Lipinski definition) is 8. The Bertz CT molecular complexity index is 1550. The lowest BCUT2D eigenvalue weighted by atomic mass is 9.79. The van der Waals surface area contributed by atoms with Crippen LogP contribution in [0, 0.1) is 24.1 Å². The van der Waals surface area contributed by atoms with Crippen LogP contribution in [0.15, 0.2) is 46.2 Å². The maximum atomic E-state index is 14.4. The highest BCUT2D eigenvalue weighted by Crippen LogP contribution is 2.40. The molecule has 2 atom stereocenters. The fraction of sp³-hybridized carbons (Fsp3) is 0.250. The zero-order chi connectivity index (χ0) is 26.1. The number of halogens is 1. The summed E-state index contributed by atoms with van der Waals surface area (Å²) in [5.74, 6) is -3.42. The van der Waals surface area contributed by atoms with E-state index in [1.165, 1.54) is 37.7 Å². The molecule has 11 nitrogen and oxygen atoms in total. The van der Waals surface area contributed by atoms with E-state index in [-0.39, 0.29) is 17.1 Å². The standard InChI is InChI=1S/C24H22FN7O4/c1-12(19(18-10-31(3)30-13(18)2)17-7-15(25)6-5-14(17)8-26)22-29-20(21(33)24(35)32(22)4)23(34)28-16-9-27-36-11-16/h5-7,9-12,19,33H,1-4H3,(H,28,34). The highest BCUT2D eigenvalue weighted by atomic mass is 19.1. The average Bonchev–Trinajstić information content (AvgIpc) is 3.46. The fourth-order valence-electron chi connectivity index (χ4n) is 4.30. The second-order valence-electron chi connectivity index (χ2n) is 8.35. The summed E-state index contributed by atoms with van der Waals surface area (Å²) in [5, 5.41) is 30.5. The van der Waals surface area contributed by atoms with Crippen LogP contribution in [0.2, 0.25) is 0 Å². The Morgan fingerprint density at radius 2 is 2.06 bits per heavy atom. The fourth-order valence-corrected chi connectivity index (χ4v) is 4.30. The minimum atomic E-state index is -0.848. The maximum Gasteiger partial charge on any atom is 0.296 e. The number of anilines is 1. The van der Waals surface area contributed by atoms with Crippen LogP contribution in [-0.4, -0.2) is 35.5 Å². The van der Waals surface area contributed by atoms with E-state index in [4.69, 9.17) is 0 Å². The van der Waals surface area contributed by atoms with Gasteiger partial charge in [-0.25, -0.2) is 9.37 Å². The summed E-state index contributed by atoms with van der Waals surface area (Å²) in [6.07, 6.45) is 4.17. The van der Waals surface area contributed by atoms with E-state index in [2.05, 4.69) is 31.1 Å². The Hall–Kier alpha value is -4.79. The lowest BCUT2D eigenvalue weighted by Crippen LogP contribution is -2.29. The first-order chi connectivity index (χ1) is 17.1. The largest absolute Gasteiger partial charge is 0.501 e. The number of nitrogens with zero attached hydrogens (tertiary/aromatic N) is 6. The SMILES string of the molecule is Cc1nn(C)cc1C(c1cc(F)ccc1C#N)C(C)c1nc(C(=O)Nc2cnoc2)c(O)c(=O)n1C. The smallest absolute Gasteiger partial charge is 0.296 e. The molecule has 0 spiro atoms. The second kappa shape index (κ2) is 9.46. The minimum absolute atomic E-state index is 0.134. The topological polar surface area (TPSA) is 152 Å². The number of nitriles is 1. The van der Waals surface area contributed by atoms with E-state index in [9.17, 15) is 24.3 Å². The van der Waals surface area contributed by atoms with Gasteiger partial charge in [0.1, 0.15) is 23.6 Å². The molecule has 0 aliphatic carbocycles. The van der Waals surface area contributed by atoms with E-state index in [0.717, 1.165) is 4.57 Å². The van der Waals surface area contributed by atoms with Crippen molar-refractivity contribution in [2.45, 2.75) is 25.7 Å². The molecule has 3 aromatic heterocycles. The quantitative estimate of drug-likeness (QED) is 0.418. The second-order valence-corrected chi connectivity index (χ2v) is 8.35. The predicted molar refractivity (Wildman–Crippen MR) is 125 cm³/mol. The van der Waals surface area contributed by atoms with Crippen molar-refractivity contribution in [3.05, 3.63) is 86.9 Å². The third kappa shape index (κ3) is 4.34. The molecule has 184 valence electrons. The Balaban J connectivity index is 1.91. The Morgan fingerprint density at radius 1 is 1.31 bits per heavy atom. The summed E-state index contributed by atoms with van der Waals surface area (Å²) in [5.41, 5.74) is 0.802. The molecule has 0 saturated carbocycles. The van der Waals surface area contributed by atoms with E-state index in [1.807, 2.05) is 0 Å². The van der Waals surface area contributed by atoms with Gasteiger partial charge in [0.2, 0.25) is 5.75 Å². The third-order valence-electron chi connectivity index (χ3n) is 5.97. The van der Waals surface area contributed by atoms with Gasteiger partial charge >= 0.3 is 0 Å². The first kappa shape index (κ1) is 24.3. The number of hydrogen-bond donors (Lipinski definition) is 2. The molecular weight excluding hydrogens is 469 g/mol. The Labute approximate surface area is 204 Å². The third-order valence-corrected chi connectivity index (χ3v) is 5.97. The van der Waals surface area contributed by atoms with Crippen molar-refractivity contribution >= 4 is 11.6 Å². The molecule has 0 aliphatic rings. The summed E-state index contributed by atoms with van der Waals surface area (Å²) in [6.45, 7) is 3.52. The van der Waals surface area contributed by atoms with Crippen LogP contribution in [-0.2, 0) is 14.1 Å². The molecular formula is C24H22FN7O4. The van der Waals surface area contributed by atoms with Crippen molar-refractivity contribution < 1.29 is 18.8 Å². The van der Waals surface area contributed by atoms with Gasteiger partial charge in [-0.05, 0) is 30.7 Å². The van der Waals surface area contributed by atoms with E-state index in [1.54, 1.807) is 31.8 Å². The Kier molecular flexibility index (Phi) is 6.39. The van der Waals surface area contributed by atoms with Gasteiger partial charge in [0.15, 0.2) is 5.69 Å². The molecule has 0 bridgehead atoms. The van der Waals surface area contributed by atoms with Gasteiger partial charge in [-0.2, -0.15) is 10.4 Å². The van der Waals surface area contributed by atoms with Crippen molar-refractivity contribution in [2.75, 3.05) is 5.32 Å². The van der Waals surface area contributed by atoms with Crippen molar-refractivity contribution in [3.63, 3.8) is 0 Å². The molecule has 0 radical (unpaired) electrons. The number of carbonyl (C=O) groups excluding carboxylic acids is 1. The number of aromatic nitrogens is 5. The molecule has 1 aromatic carbocycles. The average molecular weight is 491 g/mol. The minimum Gasteiger partial charge on any atom is -0.501 e. The van der Waals surface area contributed by atoms with Gasteiger partial charge in [0, 0.05) is 37.7 Å². The summed E-state index contributed by atoms with van der Waals surface area (Å²) in [4.78, 5) is 30.1. The van der Waals surface area contributed by atoms with Gasteiger partial charge < -0.3 is 14.9 Å². The van der Waals surface area contributed by atoms with E-state index in [0.29, 0.717) is 16.8 Å². The zero-order valence-corrected chi connectivity index (χ0v) is 19.9. The summed E-state index contributed by atoms with van der Waals surface area (Å²) in [7, 11) is 3.14. The molecule has 3 heterocycles. The van der Waals surface area contributed by atoms with Gasteiger partial charge in [-0.15, -0.1) is 0 Å². The summed E-state index contributed by atoms with van der Waals surface area (Å²) in [6, 6.07) is 5.94. The van der Waals surface area contributed by atoms with Crippen molar-refractivity contribution in [1.29, 1.82) is 5.26 Å². The molecule has 0 fully saturated rings. The van der Waals surface area contributed by atoms with Crippen molar-refractivity contribution in [1.82, 2.24) is 24.5 Å². The van der Waals surface area contributed by atoms with Crippen LogP contribution in [0.25, 0.3) is 0 Å². The van der Waals surface area contributed by atoms with Crippen molar-refractivity contribution in [3.8, 4) is 11.8 Å². The first-order valence-electron chi connectivity index (χ1n) is 10.8. The molecule has 12 heteroatoms. The maximum absolute atomic E-state index is 14.4. The lowest BCUT2D eigenvalue weighted by molar-refractivity contribution is 0.101. The number of aromatic hydroxyl groups is 1. The number of aryl methyl sites for hydroxylation is 2. The zero-order valence-electron chi connectivity index (χ0n) is 19.9. The molecule has 36 heavy (non-hydrogen) atoms. The highest BCUT2D eigenvalue weighted by Gasteiger charge is 2.32. The monoisotopic (exact) mass is 491 g/mol. The Morgan fingerprint density at radius 3 is 2.67 bits per heavy atom.